The molecule has 1 amide bonds. The molecule has 1 saturated heterocycles. The lowest BCUT2D eigenvalue weighted by Gasteiger charge is -2.54. The lowest BCUT2D eigenvalue weighted by atomic mass is 9.72. The Kier molecular flexibility index (Phi) is 18.7. The van der Waals surface area contributed by atoms with E-state index >= 15 is 0 Å². The van der Waals surface area contributed by atoms with Gasteiger partial charge >= 0.3 is 5.97 Å². The van der Waals surface area contributed by atoms with Gasteiger partial charge in [0.25, 0.3) is 0 Å². The first kappa shape index (κ1) is 47.4. The van der Waals surface area contributed by atoms with Crippen molar-refractivity contribution in [2.24, 2.45) is 5.41 Å². The van der Waals surface area contributed by atoms with Crippen molar-refractivity contribution >= 4 is 28.6 Å². The molecule has 0 aromatic heterocycles. The van der Waals surface area contributed by atoms with Gasteiger partial charge in [-0.2, -0.15) is 0 Å². The minimum Gasteiger partial charge on any atom is -0.507 e. The van der Waals surface area contributed by atoms with Gasteiger partial charge in [-0.3, -0.25) is 18.7 Å². The van der Waals surface area contributed by atoms with E-state index in [1.54, 1.807) is 6.92 Å². The lowest BCUT2D eigenvalue weighted by molar-refractivity contribution is -0.164. The van der Waals surface area contributed by atoms with Gasteiger partial charge in [-0.1, -0.05) is 80.9 Å². The van der Waals surface area contributed by atoms with Crippen LogP contribution in [0.25, 0.3) is 0 Å². The molecule has 1 aromatic carbocycles. The summed E-state index contributed by atoms with van der Waals surface area (Å²) < 4.78 is 39.1. The van der Waals surface area contributed by atoms with E-state index in [0.29, 0.717) is 25.2 Å². The molecule has 1 N–H and O–H groups in total. The van der Waals surface area contributed by atoms with Crippen molar-refractivity contribution in [1.82, 2.24) is 4.90 Å². The highest BCUT2D eigenvalue weighted by molar-refractivity contribution is 7.40. The van der Waals surface area contributed by atoms with E-state index in [9.17, 15) is 23.8 Å². The number of hydrogen-bond acceptors (Lipinski definition) is 8. The van der Waals surface area contributed by atoms with Gasteiger partial charge in [-0.15, -0.1) is 0 Å². The lowest BCUT2D eigenvalue weighted by Crippen LogP contribution is -2.63. The Morgan fingerprint density at radius 1 is 0.922 bits per heavy atom. The Morgan fingerprint density at radius 2 is 1.41 bits per heavy atom. The number of carbonyl (C=O) groups is 2. The molecule has 1 heterocycles. The fourth-order valence-corrected chi connectivity index (χ4v) is 8.58. The highest BCUT2D eigenvalue weighted by Crippen LogP contribution is 2.45. The first-order valence-electron chi connectivity index (χ1n) is 19.1. The second kappa shape index (κ2) is 20.1. The van der Waals surface area contributed by atoms with Crippen LogP contribution in [0.2, 0.25) is 0 Å². The van der Waals surface area contributed by atoms with Crippen LogP contribution in [0.3, 0.4) is 0 Å². The Labute approximate surface area is 312 Å². The maximum Gasteiger partial charge on any atom is 0.315 e. The molecule has 0 bridgehead atoms. The molecule has 1 aliphatic heterocycles. The number of aromatic hydroxyl groups is 1. The minimum atomic E-state index is -2.67. The van der Waals surface area contributed by atoms with Crippen LogP contribution in [0.5, 0.6) is 5.75 Å². The summed E-state index contributed by atoms with van der Waals surface area (Å²) in [6.45, 7) is 29.8. The third-order valence-electron chi connectivity index (χ3n) is 11.3. The molecule has 2 rings (SSSR count). The summed E-state index contributed by atoms with van der Waals surface area (Å²) in [4.78, 5) is 27.1. The van der Waals surface area contributed by atoms with Crippen LogP contribution in [0.1, 0.15) is 165 Å². The number of phenols is 1. The fourth-order valence-electron chi connectivity index (χ4n) is 7.43. The SMILES string of the molecule is CCC(CC)(CO[PH](=O)CC(=O)OC1CC(C)(C)N(C(C)=O)C(C)(C)C1)Cc1cc(C(C)(C)CC)c(O)c(C(C)(C)CC)c1.CCCCO[PH2]=O. The number of ether oxygens (including phenoxy) is 1. The van der Waals surface area contributed by atoms with Crippen molar-refractivity contribution in [2.45, 2.75) is 183 Å². The Bertz CT molecular complexity index is 1260. The van der Waals surface area contributed by atoms with Crippen molar-refractivity contribution in [3.05, 3.63) is 28.8 Å². The van der Waals surface area contributed by atoms with E-state index in [-0.39, 0.29) is 41.0 Å². The number of carbonyl (C=O) groups excluding carboxylic acids is 2. The average Bonchev–Trinajstić information content (AvgIpc) is 3.02. The number of benzene rings is 1. The molecule has 0 aliphatic carbocycles. The molecule has 1 fully saturated rings. The number of unbranched alkanes of at least 4 members (excludes halogenated alkanes) is 1. The van der Waals surface area contributed by atoms with Gasteiger partial charge in [0.15, 0.2) is 8.69 Å². The molecule has 1 aliphatic rings. The number of rotatable bonds is 18. The maximum absolute atomic E-state index is 13.1. The zero-order valence-corrected chi connectivity index (χ0v) is 36.7. The second-order valence-electron chi connectivity index (χ2n) is 17.1. The van der Waals surface area contributed by atoms with Gasteiger partial charge in [-0.05, 0) is 88.0 Å². The maximum atomic E-state index is 13.1. The zero-order valence-electron chi connectivity index (χ0n) is 34.5. The minimum absolute atomic E-state index is 0.00136. The predicted molar refractivity (Wildman–Crippen MR) is 212 cm³/mol. The molecule has 51 heavy (non-hydrogen) atoms. The van der Waals surface area contributed by atoms with Crippen LogP contribution >= 0.6 is 16.7 Å². The number of hydrogen-bond donors (Lipinski definition) is 1. The molecule has 2 atom stereocenters. The topological polar surface area (TPSA) is 119 Å². The standard InChI is InChI=1S/C36H62NO6P.C4H11O2P/c1-14-32(6,7)28-18-26(19-29(31(28)40)33(8,9)15-2)20-36(16-3,17-4)24-42-44(41)23-30(39)43-27-21-34(10,11)37(25(5)38)35(12,13)22-27;1-2-3-4-6-7-5/h18-19,27,40,44H,14-17,20-24H2,1-13H3;2-4,7H2,1H3. The molecule has 0 radical (unpaired) electrons. The molecular formula is C40H73NO8P2. The third-order valence-corrected chi connectivity index (χ3v) is 12.7. The summed E-state index contributed by atoms with van der Waals surface area (Å²) in [5.74, 6) is -0.122. The van der Waals surface area contributed by atoms with Gasteiger partial charge in [0.1, 0.15) is 18.0 Å². The number of amides is 1. The summed E-state index contributed by atoms with van der Waals surface area (Å²) >= 11 is 0. The van der Waals surface area contributed by atoms with Crippen molar-refractivity contribution in [3.8, 4) is 5.75 Å². The number of likely N-dealkylation sites (tertiary alicyclic amines) is 1. The quantitative estimate of drug-likeness (QED) is 0.0893. The van der Waals surface area contributed by atoms with Gasteiger partial charge in [0.2, 0.25) is 13.9 Å². The summed E-state index contributed by atoms with van der Waals surface area (Å²) in [6.07, 6.45) is 6.73. The van der Waals surface area contributed by atoms with Gasteiger partial charge in [-0.25, -0.2) is 0 Å². The second-order valence-corrected chi connectivity index (χ2v) is 19.0. The summed E-state index contributed by atoms with van der Waals surface area (Å²) in [5.41, 5.74) is 1.51. The number of esters is 1. The van der Waals surface area contributed by atoms with E-state index < -0.39 is 33.8 Å². The van der Waals surface area contributed by atoms with Gasteiger partial charge in [0, 0.05) is 42.0 Å². The van der Waals surface area contributed by atoms with E-state index in [1.165, 1.54) is 0 Å². The molecule has 0 spiro atoms. The van der Waals surface area contributed by atoms with Crippen LogP contribution in [0, 0.1) is 5.41 Å². The van der Waals surface area contributed by atoms with Gasteiger partial charge < -0.3 is 23.8 Å². The molecule has 11 heteroatoms. The van der Waals surface area contributed by atoms with Crippen molar-refractivity contribution in [2.75, 3.05) is 19.4 Å². The highest BCUT2D eigenvalue weighted by atomic mass is 31.1. The van der Waals surface area contributed by atoms with E-state index in [1.807, 2.05) is 32.6 Å². The van der Waals surface area contributed by atoms with Gasteiger partial charge in [0.05, 0.1) is 13.2 Å². The summed E-state index contributed by atoms with van der Waals surface area (Å²) in [5, 5.41) is 11.4. The molecular weight excluding hydrogens is 684 g/mol. The molecule has 0 saturated carbocycles. The Hall–Kier alpha value is -1.66. The predicted octanol–water partition coefficient (Wildman–Crippen LogP) is 10.2. The number of phenolic OH excluding ortho intramolecular Hbond substituents is 1. The number of piperidine rings is 1. The van der Waals surface area contributed by atoms with E-state index in [4.69, 9.17) is 9.26 Å². The van der Waals surface area contributed by atoms with Crippen molar-refractivity contribution in [3.63, 3.8) is 0 Å². The van der Waals surface area contributed by atoms with Crippen molar-refractivity contribution in [1.29, 1.82) is 0 Å². The van der Waals surface area contributed by atoms with E-state index in [0.717, 1.165) is 61.6 Å². The molecule has 2 unspecified atom stereocenters. The first-order chi connectivity index (χ1) is 23.5. The Morgan fingerprint density at radius 3 is 1.80 bits per heavy atom. The van der Waals surface area contributed by atoms with Crippen LogP contribution in [-0.4, -0.2) is 58.4 Å². The smallest absolute Gasteiger partial charge is 0.315 e. The van der Waals surface area contributed by atoms with Crippen LogP contribution in [0.15, 0.2) is 12.1 Å². The zero-order chi connectivity index (χ0) is 39.4. The highest BCUT2D eigenvalue weighted by Gasteiger charge is 2.48. The largest absolute Gasteiger partial charge is 0.507 e. The van der Waals surface area contributed by atoms with Crippen molar-refractivity contribution < 1.29 is 37.6 Å². The summed E-state index contributed by atoms with van der Waals surface area (Å²) in [6, 6.07) is 4.30. The van der Waals surface area contributed by atoms with Crippen LogP contribution in [-0.2, 0) is 49.8 Å². The molecule has 296 valence electrons. The normalized spacial score (nSPS) is 17.3. The summed E-state index contributed by atoms with van der Waals surface area (Å²) in [7, 11) is -3.64. The fraction of sp³-hybridized carbons (Fsp3) is 0.800. The monoisotopic (exact) mass is 757 g/mol. The van der Waals surface area contributed by atoms with Crippen LogP contribution in [0.4, 0.5) is 0 Å². The first-order valence-corrected chi connectivity index (χ1v) is 21.6. The molecule has 9 nitrogen and oxygen atoms in total. The van der Waals surface area contributed by atoms with Crippen LogP contribution < -0.4 is 0 Å². The number of nitrogens with zero attached hydrogens (tertiary/aromatic N) is 1. The molecule has 1 aromatic rings. The van der Waals surface area contributed by atoms with E-state index in [2.05, 4.69) is 79.0 Å². The average molecular weight is 758 g/mol. The Balaban J connectivity index is 0.00000167. The third kappa shape index (κ3) is 13.6.